The Hall–Kier alpha value is -3.84. The van der Waals surface area contributed by atoms with E-state index in [1.54, 1.807) is 48.5 Å². The normalized spacial score (nSPS) is 13.6. The number of urea groups is 1. The maximum atomic E-state index is 12.9. The first-order chi connectivity index (χ1) is 17.7. The summed E-state index contributed by atoms with van der Waals surface area (Å²) in [7, 11) is 0. The lowest BCUT2D eigenvalue weighted by Crippen LogP contribution is -2.42. The third kappa shape index (κ3) is 7.58. The van der Waals surface area contributed by atoms with Gasteiger partial charge >= 0.3 is 12.0 Å². The molecule has 4 rings (SSSR count). The third-order valence-electron chi connectivity index (χ3n) is 5.98. The van der Waals surface area contributed by atoms with Crippen LogP contribution in [-0.2, 0) is 11.4 Å². The zero-order valence-electron chi connectivity index (χ0n) is 20.5. The maximum absolute atomic E-state index is 12.9. The lowest BCUT2D eigenvalue weighted by atomic mass is 10.1. The monoisotopic (exact) mass is 487 g/mol. The average molecular weight is 488 g/mol. The molecule has 2 amide bonds. The van der Waals surface area contributed by atoms with E-state index in [-0.39, 0.29) is 0 Å². The van der Waals surface area contributed by atoms with Gasteiger partial charge in [-0.3, -0.25) is 4.90 Å². The van der Waals surface area contributed by atoms with Crippen LogP contribution >= 0.6 is 0 Å². The first kappa shape index (κ1) is 25.3. The van der Waals surface area contributed by atoms with Gasteiger partial charge in [0.15, 0.2) is 0 Å². The highest BCUT2D eigenvalue weighted by atomic mass is 16.7. The van der Waals surface area contributed by atoms with Crippen molar-refractivity contribution >= 4 is 17.7 Å². The number of hydrogen-bond acceptors (Lipinski definition) is 5. The minimum atomic E-state index is -0.609. The van der Waals surface area contributed by atoms with Crippen molar-refractivity contribution in [1.29, 1.82) is 0 Å². The highest BCUT2D eigenvalue weighted by molar-refractivity contribution is 5.96. The predicted octanol–water partition coefficient (Wildman–Crippen LogP) is 5.43. The number of nitrogens with zero attached hydrogens (tertiary/aromatic N) is 2. The van der Waals surface area contributed by atoms with E-state index >= 15 is 0 Å². The number of nitrogens with one attached hydrogen (secondary N) is 1. The fourth-order valence-electron chi connectivity index (χ4n) is 4.12. The first-order valence-corrected chi connectivity index (χ1v) is 12.5. The molecule has 3 aromatic carbocycles. The van der Waals surface area contributed by atoms with Gasteiger partial charge in [-0.25, -0.2) is 9.59 Å². The van der Waals surface area contributed by atoms with E-state index < -0.39 is 12.0 Å². The Labute approximate surface area is 212 Å². The summed E-state index contributed by atoms with van der Waals surface area (Å²) < 4.78 is 5.92. The van der Waals surface area contributed by atoms with Crippen LogP contribution < -0.4 is 15.1 Å². The number of anilines is 1. The quantitative estimate of drug-likeness (QED) is 0.322. The van der Waals surface area contributed by atoms with Crippen molar-refractivity contribution in [2.45, 2.75) is 32.2 Å². The van der Waals surface area contributed by atoms with Crippen LogP contribution in [0.1, 0.15) is 41.6 Å². The summed E-state index contributed by atoms with van der Waals surface area (Å²) in [5.74, 6) is 0.223. The Morgan fingerprint density at radius 1 is 0.861 bits per heavy atom. The Balaban J connectivity index is 1.25. The van der Waals surface area contributed by atoms with Crippen LogP contribution in [0.3, 0.4) is 0 Å². The maximum Gasteiger partial charge on any atom is 0.363 e. The summed E-state index contributed by atoms with van der Waals surface area (Å²) >= 11 is 0. The minimum Gasteiger partial charge on any atom is -0.494 e. The van der Waals surface area contributed by atoms with Gasteiger partial charge in [-0.2, -0.15) is 0 Å². The van der Waals surface area contributed by atoms with Crippen molar-refractivity contribution in [3.8, 4) is 5.75 Å². The number of amides is 2. The number of ether oxygens (including phenoxy) is 1. The molecule has 0 radical (unpaired) electrons. The fourth-order valence-corrected chi connectivity index (χ4v) is 4.12. The first-order valence-electron chi connectivity index (χ1n) is 12.5. The van der Waals surface area contributed by atoms with Crippen molar-refractivity contribution in [1.82, 2.24) is 10.2 Å². The molecule has 3 aromatic rings. The number of hydroxylamine groups is 1. The molecule has 0 aliphatic carbocycles. The highest BCUT2D eigenvalue weighted by Gasteiger charge is 2.21. The Bertz CT molecular complexity index is 1100. The number of piperidine rings is 1. The zero-order chi connectivity index (χ0) is 25.0. The molecule has 0 saturated carbocycles. The predicted molar refractivity (Wildman–Crippen MR) is 140 cm³/mol. The van der Waals surface area contributed by atoms with Crippen LogP contribution in [0.2, 0.25) is 0 Å². The van der Waals surface area contributed by atoms with Gasteiger partial charge in [-0.1, -0.05) is 55.0 Å². The molecular weight excluding hydrogens is 454 g/mol. The molecule has 1 aliphatic rings. The van der Waals surface area contributed by atoms with E-state index in [4.69, 9.17) is 9.57 Å². The lowest BCUT2D eigenvalue weighted by Gasteiger charge is -2.26. The number of hydrogen-bond donors (Lipinski definition) is 1. The van der Waals surface area contributed by atoms with Gasteiger partial charge in [0.1, 0.15) is 5.75 Å². The second kappa shape index (κ2) is 13.3. The summed E-state index contributed by atoms with van der Waals surface area (Å²) in [5.41, 5.74) is 2.07. The molecule has 36 heavy (non-hydrogen) atoms. The third-order valence-corrected chi connectivity index (χ3v) is 5.98. The number of para-hydroxylation sites is 1. The minimum absolute atomic E-state index is 0.363. The average Bonchev–Trinajstić information content (AvgIpc) is 2.93. The Morgan fingerprint density at radius 3 is 2.33 bits per heavy atom. The van der Waals surface area contributed by atoms with E-state index in [9.17, 15) is 9.59 Å². The number of carbonyl (C=O) groups excluding carboxylic acids is 2. The van der Waals surface area contributed by atoms with E-state index in [0.29, 0.717) is 30.8 Å². The van der Waals surface area contributed by atoms with Gasteiger partial charge in [0, 0.05) is 13.1 Å². The number of benzene rings is 3. The summed E-state index contributed by atoms with van der Waals surface area (Å²) in [6, 6.07) is 25.1. The van der Waals surface area contributed by atoms with E-state index in [2.05, 4.69) is 22.3 Å². The summed E-state index contributed by atoms with van der Waals surface area (Å²) in [6.07, 6.45) is 4.48. The van der Waals surface area contributed by atoms with Crippen LogP contribution in [0, 0.1) is 0 Å². The topological polar surface area (TPSA) is 71.1 Å². The molecule has 188 valence electrons. The summed E-state index contributed by atoms with van der Waals surface area (Å²) in [6.45, 7) is 4.10. The Morgan fingerprint density at radius 2 is 1.58 bits per heavy atom. The highest BCUT2D eigenvalue weighted by Crippen LogP contribution is 2.18. The molecule has 1 heterocycles. The molecule has 1 saturated heterocycles. The van der Waals surface area contributed by atoms with Crippen molar-refractivity contribution in [2.75, 3.05) is 31.3 Å². The second-order valence-corrected chi connectivity index (χ2v) is 8.79. The van der Waals surface area contributed by atoms with Crippen molar-refractivity contribution in [3.05, 3.63) is 96.1 Å². The molecule has 0 atom stereocenters. The molecule has 0 spiro atoms. The number of carbonyl (C=O) groups is 2. The molecule has 1 aliphatic heterocycles. The van der Waals surface area contributed by atoms with Gasteiger partial charge in [-0.05, 0) is 74.3 Å². The van der Waals surface area contributed by atoms with Crippen molar-refractivity contribution in [3.63, 3.8) is 0 Å². The molecule has 0 unspecified atom stereocenters. The van der Waals surface area contributed by atoms with Crippen LogP contribution in [0.5, 0.6) is 5.75 Å². The fraction of sp³-hybridized carbons (Fsp3) is 0.310. The second-order valence-electron chi connectivity index (χ2n) is 8.79. The van der Waals surface area contributed by atoms with Crippen LogP contribution in [0.15, 0.2) is 84.9 Å². The summed E-state index contributed by atoms with van der Waals surface area (Å²) in [4.78, 5) is 33.3. The number of likely N-dealkylation sites (tertiary alicyclic amines) is 1. The smallest absolute Gasteiger partial charge is 0.363 e. The van der Waals surface area contributed by atoms with Gasteiger partial charge in [0.05, 0.1) is 17.9 Å². The molecule has 1 fully saturated rings. The van der Waals surface area contributed by atoms with Crippen LogP contribution in [0.25, 0.3) is 0 Å². The zero-order valence-corrected chi connectivity index (χ0v) is 20.5. The SMILES string of the molecule is O=C(ON(C(=O)NCCCOc1cccc(CN2CCCCC2)c1)c1ccccc1)c1ccccc1. The van der Waals surface area contributed by atoms with Gasteiger partial charge in [0.2, 0.25) is 0 Å². The van der Waals surface area contributed by atoms with Crippen molar-refractivity contribution < 1.29 is 19.2 Å². The molecular formula is C29H33N3O4. The van der Waals surface area contributed by atoms with Crippen LogP contribution in [0.4, 0.5) is 10.5 Å². The van der Waals surface area contributed by atoms with E-state index in [1.165, 1.54) is 24.8 Å². The van der Waals surface area contributed by atoms with Crippen LogP contribution in [-0.4, -0.2) is 43.1 Å². The molecule has 1 N–H and O–H groups in total. The van der Waals surface area contributed by atoms with Gasteiger partial charge in [0.25, 0.3) is 0 Å². The molecule has 0 bridgehead atoms. The van der Waals surface area contributed by atoms with E-state index in [0.717, 1.165) is 30.4 Å². The van der Waals surface area contributed by atoms with E-state index in [1.807, 2.05) is 24.3 Å². The molecule has 0 aromatic heterocycles. The standard InChI is InChI=1S/C29H33N3O4/c33-28(25-13-4-1-5-14-25)36-32(26-15-6-2-7-16-26)29(34)30-18-11-21-35-27-17-10-12-24(22-27)23-31-19-8-3-9-20-31/h1-2,4-7,10,12-17,22H,3,8-9,11,18-21,23H2,(H,30,34). The lowest BCUT2D eigenvalue weighted by molar-refractivity contribution is 0.0482. The van der Waals surface area contributed by atoms with Crippen molar-refractivity contribution in [2.24, 2.45) is 0 Å². The van der Waals surface area contributed by atoms with Gasteiger partial charge < -0.3 is 14.9 Å². The Kier molecular flexibility index (Phi) is 9.33. The molecule has 7 heteroatoms. The number of rotatable bonds is 9. The largest absolute Gasteiger partial charge is 0.494 e. The van der Waals surface area contributed by atoms with Gasteiger partial charge in [-0.15, -0.1) is 5.06 Å². The molecule has 7 nitrogen and oxygen atoms in total. The summed E-state index contributed by atoms with van der Waals surface area (Å²) in [5, 5.41) is 3.80.